The van der Waals surface area contributed by atoms with Crippen LogP contribution in [-0.2, 0) is 4.74 Å². The van der Waals surface area contributed by atoms with E-state index in [4.69, 9.17) is 4.74 Å². The Morgan fingerprint density at radius 3 is 2.76 bits per heavy atom. The van der Waals surface area contributed by atoms with Crippen LogP contribution in [0.3, 0.4) is 0 Å². The van der Waals surface area contributed by atoms with Crippen molar-refractivity contribution in [2.75, 3.05) is 32.1 Å². The summed E-state index contributed by atoms with van der Waals surface area (Å²) in [5.74, 6) is -0.313. The fraction of sp³-hybridized carbons (Fsp3) is 0.500. The maximum absolute atomic E-state index is 12.1. The standard InChI is InChI=1S/C14H21N3O4/c1-3-15-13-11(7-6-8-12(13)17(19)20)14(18)16-9-4-5-10-21-2/h6-8,15H,3-5,9-10H2,1-2H3,(H,16,18). The average Bonchev–Trinajstić information content (AvgIpc) is 2.47. The van der Waals surface area contributed by atoms with Crippen LogP contribution in [0.1, 0.15) is 30.1 Å². The van der Waals surface area contributed by atoms with Gasteiger partial charge in [-0.05, 0) is 25.8 Å². The van der Waals surface area contributed by atoms with Crippen LogP contribution in [0, 0.1) is 10.1 Å². The molecule has 0 unspecified atom stereocenters. The lowest BCUT2D eigenvalue weighted by atomic mass is 10.1. The fourth-order valence-corrected chi connectivity index (χ4v) is 1.91. The zero-order valence-corrected chi connectivity index (χ0v) is 12.3. The molecule has 0 fully saturated rings. The third-order valence-electron chi connectivity index (χ3n) is 2.90. The first-order chi connectivity index (χ1) is 10.1. The summed E-state index contributed by atoms with van der Waals surface area (Å²) < 4.78 is 4.93. The first-order valence-corrected chi connectivity index (χ1v) is 6.90. The van der Waals surface area contributed by atoms with Crippen molar-refractivity contribution in [2.45, 2.75) is 19.8 Å². The van der Waals surface area contributed by atoms with E-state index in [0.717, 1.165) is 12.8 Å². The number of benzene rings is 1. The largest absolute Gasteiger partial charge is 0.385 e. The zero-order valence-electron chi connectivity index (χ0n) is 12.3. The molecule has 0 atom stereocenters. The molecule has 116 valence electrons. The summed E-state index contributed by atoms with van der Waals surface area (Å²) in [6.45, 7) is 3.48. The first kappa shape index (κ1) is 16.9. The highest BCUT2D eigenvalue weighted by molar-refractivity contribution is 6.01. The molecule has 7 heteroatoms. The second kappa shape index (κ2) is 8.91. The van der Waals surface area contributed by atoms with E-state index >= 15 is 0 Å². The minimum Gasteiger partial charge on any atom is -0.385 e. The van der Waals surface area contributed by atoms with Gasteiger partial charge < -0.3 is 15.4 Å². The highest BCUT2D eigenvalue weighted by Gasteiger charge is 2.20. The Hall–Kier alpha value is -2.15. The van der Waals surface area contributed by atoms with Gasteiger partial charge in [0.05, 0.1) is 10.5 Å². The molecule has 2 N–H and O–H groups in total. The molecule has 1 aromatic carbocycles. The van der Waals surface area contributed by atoms with E-state index in [1.54, 1.807) is 13.2 Å². The van der Waals surface area contributed by atoms with E-state index in [9.17, 15) is 14.9 Å². The van der Waals surface area contributed by atoms with Crippen molar-refractivity contribution in [1.82, 2.24) is 5.32 Å². The molecule has 0 spiro atoms. The highest BCUT2D eigenvalue weighted by Crippen LogP contribution is 2.28. The average molecular weight is 295 g/mol. The quantitative estimate of drug-likeness (QED) is 0.414. The molecule has 0 saturated heterocycles. The van der Waals surface area contributed by atoms with Crippen LogP contribution in [0.2, 0.25) is 0 Å². The number of nitro groups is 1. The number of nitrogens with zero attached hydrogens (tertiary/aromatic N) is 1. The number of ether oxygens (including phenoxy) is 1. The SMILES string of the molecule is CCNc1c(C(=O)NCCCCOC)cccc1[N+](=O)[O-]. The van der Waals surface area contributed by atoms with Gasteiger partial charge in [-0.2, -0.15) is 0 Å². The number of rotatable bonds is 9. The summed E-state index contributed by atoms with van der Waals surface area (Å²) in [7, 11) is 1.63. The number of para-hydroxylation sites is 1. The van der Waals surface area contributed by atoms with E-state index in [1.807, 2.05) is 6.92 Å². The van der Waals surface area contributed by atoms with Crippen LogP contribution in [0.5, 0.6) is 0 Å². The van der Waals surface area contributed by atoms with E-state index in [2.05, 4.69) is 10.6 Å². The third-order valence-corrected chi connectivity index (χ3v) is 2.90. The predicted molar refractivity (Wildman–Crippen MR) is 80.7 cm³/mol. The molecule has 0 aliphatic heterocycles. The maximum Gasteiger partial charge on any atom is 0.293 e. The number of carbonyl (C=O) groups excluding carboxylic acids is 1. The van der Waals surface area contributed by atoms with Crippen molar-refractivity contribution in [3.05, 3.63) is 33.9 Å². The predicted octanol–water partition coefficient (Wildman–Crippen LogP) is 2.18. The van der Waals surface area contributed by atoms with Crippen molar-refractivity contribution in [3.63, 3.8) is 0 Å². The Labute approximate surface area is 123 Å². The summed E-state index contributed by atoms with van der Waals surface area (Å²) in [5.41, 5.74) is 0.459. The van der Waals surface area contributed by atoms with Gasteiger partial charge in [0, 0.05) is 32.9 Å². The first-order valence-electron chi connectivity index (χ1n) is 6.90. The van der Waals surface area contributed by atoms with E-state index in [0.29, 0.717) is 19.7 Å². The molecule has 1 aromatic rings. The smallest absolute Gasteiger partial charge is 0.293 e. The lowest BCUT2D eigenvalue weighted by molar-refractivity contribution is -0.384. The molecule has 0 aliphatic rings. The number of amides is 1. The molecule has 0 aliphatic carbocycles. The normalized spacial score (nSPS) is 10.2. The Kier molecular flexibility index (Phi) is 7.17. The van der Waals surface area contributed by atoms with Crippen LogP contribution in [0.4, 0.5) is 11.4 Å². The monoisotopic (exact) mass is 295 g/mol. The zero-order chi connectivity index (χ0) is 15.7. The number of carbonyl (C=O) groups is 1. The van der Waals surface area contributed by atoms with E-state index in [-0.39, 0.29) is 22.8 Å². The topological polar surface area (TPSA) is 93.5 Å². The van der Waals surface area contributed by atoms with Gasteiger partial charge in [-0.15, -0.1) is 0 Å². The van der Waals surface area contributed by atoms with Gasteiger partial charge >= 0.3 is 0 Å². The molecule has 0 saturated carbocycles. The summed E-state index contributed by atoms with van der Waals surface area (Å²) in [6.07, 6.45) is 1.65. The van der Waals surface area contributed by atoms with Gasteiger partial charge in [0.25, 0.3) is 11.6 Å². The van der Waals surface area contributed by atoms with Crippen molar-refractivity contribution in [3.8, 4) is 0 Å². The molecule has 21 heavy (non-hydrogen) atoms. The number of nitrogens with one attached hydrogen (secondary N) is 2. The number of anilines is 1. The Morgan fingerprint density at radius 1 is 1.38 bits per heavy atom. The van der Waals surface area contributed by atoms with Crippen molar-refractivity contribution >= 4 is 17.3 Å². The Morgan fingerprint density at radius 2 is 2.14 bits per heavy atom. The lowest BCUT2D eigenvalue weighted by Gasteiger charge is -2.11. The number of methoxy groups -OCH3 is 1. The second-order valence-electron chi connectivity index (χ2n) is 4.44. The van der Waals surface area contributed by atoms with Gasteiger partial charge in [0.1, 0.15) is 5.69 Å². The summed E-state index contributed by atoms with van der Waals surface area (Å²) in [6, 6.07) is 4.47. The van der Waals surface area contributed by atoms with Crippen LogP contribution >= 0.6 is 0 Å². The fourth-order valence-electron chi connectivity index (χ4n) is 1.91. The Balaban J connectivity index is 2.78. The molecule has 1 rings (SSSR count). The molecule has 0 bridgehead atoms. The van der Waals surface area contributed by atoms with Gasteiger partial charge in [0.2, 0.25) is 0 Å². The summed E-state index contributed by atoms with van der Waals surface area (Å²) in [5, 5.41) is 16.7. The van der Waals surface area contributed by atoms with Gasteiger partial charge in [-0.3, -0.25) is 14.9 Å². The minimum atomic E-state index is -0.493. The molecule has 0 aromatic heterocycles. The van der Waals surface area contributed by atoms with Gasteiger partial charge in [0.15, 0.2) is 0 Å². The molecule has 0 heterocycles. The van der Waals surface area contributed by atoms with Gasteiger partial charge in [-0.25, -0.2) is 0 Å². The molecule has 1 amide bonds. The van der Waals surface area contributed by atoms with Crippen LogP contribution in [0.25, 0.3) is 0 Å². The number of unbranched alkanes of at least 4 members (excludes halogenated alkanes) is 1. The van der Waals surface area contributed by atoms with Crippen LogP contribution in [-0.4, -0.2) is 37.6 Å². The summed E-state index contributed by atoms with van der Waals surface area (Å²) in [4.78, 5) is 22.7. The Bertz CT molecular complexity index is 491. The van der Waals surface area contributed by atoms with Crippen molar-refractivity contribution in [2.24, 2.45) is 0 Å². The lowest BCUT2D eigenvalue weighted by Crippen LogP contribution is -2.26. The second-order valence-corrected chi connectivity index (χ2v) is 4.44. The van der Waals surface area contributed by atoms with E-state index in [1.165, 1.54) is 12.1 Å². The van der Waals surface area contributed by atoms with E-state index < -0.39 is 4.92 Å². The highest BCUT2D eigenvalue weighted by atomic mass is 16.6. The van der Waals surface area contributed by atoms with Crippen LogP contribution in [0.15, 0.2) is 18.2 Å². The molecule has 7 nitrogen and oxygen atoms in total. The number of nitro benzene ring substituents is 1. The molecular weight excluding hydrogens is 274 g/mol. The van der Waals surface area contributed by atoms with Crippen LogP contribution < -0.4 is 10.6 Å². The summed E-state index contributed by atoms with van der Waals surface area (Å²) >= 11 is 0. The third kappa shape index (κ3) is 5.03. The van der Waals surface area contributed by atoms with Crippen molar-refractivity contribution in [1.29, 1.82) is 0 Å². The minimum absolute atomic E-state index is 0.0936. The van der Waals surface area contributed by atoms with Gasteiger partial charge in [-0.1, -0.05) is 6.07 Å². The number of hydrogen-bond donors (Lipinski definition) is 2. The number of hydrogen-bond acceptors (Lipinski definition) is 5. The van der Waals surface area contributed by atoms with Crippen molar-refractivity contribution < 1.29 is 14.5 Å². The molecular formula is C14H21N3O4. The molecule has 0 radical (unpaired) electrons. The maximum atomic E-state index is 12.1.